The van der Waals surface area contributed by atoms with E-state index in [-0.39, 0.29) is 5.56 Å². The molecule has 0 aliphatic rings. The highest BCUT2D eigenvalue weighted by Gasteiger charge is 2.09. The van der Waals surface area contributed by atoms with Crippen LogP contribution >= 0.6 is 27.7 Å². The van der Waals surface area contributed by atoms with Gasteiger partial charge in [-0.15, -0.1) is 0 Å². The topological polar surface area (TPSA) is 83.6 Å². The Morgan fingerprint density at radius 1 is 1.45 bits per heavy atom. The molecule has 0 unspecified atom stereocenters. The van der Waals surface area contributed by atoms with E-state index in [4.69, 9.17) is 0 Å². The van der Waals surface area contributed by atoms with Gasteiger partial charge >= 0.3 is 0 Å². The van der Waals surface area contributed by atoms with Gasteiger partial charge < -0.3 is 10.3 Å². The molecule has 106 valence electrons. The van der Waals surface area contributed by atoms with Crippen LogP contribution in [0.3, 0.4) is 0 Å². The van der Waals surface area contributed by atoms with Crippen LogP contribution < -0.4 is 10.9 Å². The molecule has 6 nitrogen and oxygen atoms in total. The monoisotopic (exact) mass is 355 g/mol. The van der Waals surface area contributed by atoms with Crippen LogP contribution in [0.1, 0.15) is 19.0 Å². The molecule has 0 saturated carbocycles. The molecule has 0 saturated heterocycles. The van der Waals surface area contributed by atoms with E-state index in [0.29, 0.717) is 21.8 Å². The quantitative estimate of drug-likeness (QED) is 0.633. The summed E-state index contributed by atoms with van der Waals surface area (Å²) in [5.41, 5.74) is 0.500. The van der Waals surface area contributed by atoms with Crippen molar-refractivity contribution in [2.75, 3.05) is 11.9 Å². The fourth-order valence-corrected chi connectivity index (χ4v) is 2.68. The van der Waals surface area contributed by atoms with Crippen molar-refractivity contribution in [1.82, 2.24) is 19.9 Å². The Hall–Kier alpha value is -1.41. The molecule has 2 aromatic heterocycles. The minimum atomic E-state index is -0.172. The second-order valence-corrected chi connectivity index (χ2v) is 5.90. The highest BCUT2D eigenvalue weighted by molar-refractivity contribution is 9.10. The molecule has 0 spiro atoms. The van der Waals surface area contributed by atoms with Crippen LogP contribution in [0, 0.1) is 6.92 Å². The van der Waals surface area contributed by atoms with Gasteiger partial charge in [0.1, 0.15) is 5.03 Å². The van der Waals surface area contributed by atoms with Gasteiger partial charge in [0.05, 0.1) is 4.47 Å². The predicted molar refractivity (Wildman–Crippen MR) is 82.2 cm³/mol. The molecule has 0 radical (unpaired) electrons. The van der Waals surface area contributed by atoms with Gasteiger partial charge in [-0.1, -0.05) is 6.92 Å². The number of hydrogen-bond donors (Lipinski definition) is 2. The molecular weight excluding hydrogens is 342 g/mol. The largest absolute Gasteiger partial charge is 0.354 e. The average Bonchev–Trinajstić information content (AvgIpc) is 2.38. The number of hydrogen-bond acceptors (Lipinski definition) is 6. The Bertz CT molecular complexity index is 661. The minimum absolute atomic E-state index is 0.172. The van der Waals surface area contributed by atoms with Crippen molar-refractivity contribution in [3.8, 4) is 0 Å². The van der Waals surface area contributed by atoms with E-state index in [0.717, 1.165) is 17.4 Å². The van der Waals surface area contributed by atoms with Crippen LogP contribution in [-0.2, 0) is 0 Å². The molecule has 20 heavy (non-hydrogen) atoms. The van der Waals surface area contributed by atoms with Crippen molar-refractivity contribution >= 4 is 33.6 Å². The van der Waals surface area contributed by atoms with Crippen LogP contribution in [0.2, 0.25) is 0 Å². The first-order chi connectivity index (χ1) is 9.58. The van der Waals surface area contributed by atoms with Crippen molar-refractivity contribution in [3.05, 3.63) is 32.8 Å². The van der Waals surface area contributed by atoms with E-state index in [1.807, 2.05) is 0 Å². The zero-order chi connectivity index (χ0) is 14.5. The molecule has 8 heteroatoms. The van der Waals surface area contributed by atoms with E-state index < -0.39 is 0 Å². The predicted octanol–water partition coefficient (Wildman–Crippen LogP) is 2.60. The van der Waals surface area contributed by atoms with Gasteiger partial charge in [0.2, 0.25) is 5.95 Å². The summed E-state index contributed by atoms with van der Waals surface area (Å²) < 4.78 is 0.758. The molecule has 2 heterocycles. The summed E-state index contributed by atoms with van der Waals surface area (Å²) in [6.07, 6.45) is 2.68. The summed E-state index contributed by atoms with van der Waals surface area (Å²) in [4.78, 5) is 27.0. The van der Waals surface area contributed by atoms with Gasteiger partial charge in [-0.25, -0.2) is 15.0 Å². The first kappa shape index (κ1) is 15.0. The maximum atomic E-state index is 11.4. The average molecular weight is 356 g/mol. The third kappa shape index (κ3) is 4.04. The Labute approximate surface area is 129 Å². The van der Waals surface area contributed by atoms with Crippen molar-refractivity contribution in [1.29, 1.82) is 0 Å². The van der Waals surface area contributed by atoms with Gasteiger partial charge in [-0.05, 0) is 41.0 Å². The molecular formula is C12H14BrN5OS. The Kier molecular flexibility index (Phi) is 5.13. The lowest BCUT2D eigenvalue weighted by Crippen LogP contribution is -2.08. The second kappa shape index (κ2) is 6.85. The van der Waals surface area contributed by atoms with Gasteiger partial charge in [-0.2, -0.15) is 0 Å². The highest BCUT2D eigenvalue weighted by atomic mass is 79.9. The lowest BCUT2D eigenvalue weighted by Gasteiger charge is -2.06. The van der Waals surface area contributed by atoms with Gasteiger partial charge in [0.25, 0.3) is 5.56 Å². The number of nitrogens with zero attached hydrogens (tertiary/aromatic N) is 3. The molecule has 0 atom stereocenters. The summed E-state index contributed by atoms with van der Waals surface area (Å²) in [5.74, 6) is 0.563. The summed E-state index contributed by atoms with van der Waals surface area (Å²) in [7, 11) is 0. The van der Waals surface area contributed by atoms with Crippen LogP contribution in [0.4, 0.5) is 5.95 Å². The van der Waals surface area contributed by atoms with E-state index in [1.54, 1.807) is 13.1 Å². The summed E-state index contributed by atoms with van der Waals surface area (Å²) >= 11 is 4.69. The standard InChI is InChI=1S/C12H14BrN5OS/c1-3-4-14-11-15-6-8(13)10(18-11)20-12-16-7(2)5-9(19)17-12/h5-6H,3-4H2,1-2H3,(H,14,15,18)(H,16,17,19). The third-order valence-corrected chi connectivity index (χ3v) is 4.02. The van der Waals surface area contributed by atoms with Crippen LogP contribution in [-0.4, -0.2) is 26.5 Å². The zero-order valence-corrected chi connectivity index (χ0v) is 13.5. The molecule has 2 rings (SSSR count). The molecule has 0 fully saturated rings. The van der Waals surface area contributed by atoms with Crippen molar-refractivity contribution in [2.45, 2.75) is 30.5 Å². The highest BCUT2D eigenvalue weighted by Crippen LogP contribution is 2.29. The van der Waals surface area contributed by atoms with Crippen LogP contribution in [0.15, 0.2) is 31.7 Å². The maximum absolute atomic E-state index is 11.4. The second-order valence-electron chi connectivity index (χ2n) is 4.07. The minimum Gasteiger partial charge on any atom is -0.354 e. The maximum Gasteiger partial charge on any atom is 0.251 e. The van der Waals surface area contributed by atoms with Crippen LogP contribution in [0.5, 0.6) is 0 Å². The van der Waals surface area contributed by atoms with Crippen molar-refractivity contribution in [2.24, 2.45) is 0 Å². The molecule has 0 aliphatic carbocycles. The number of anilines is 1. The number of rotatable bonds is 5. The molecule has 2 N–H and O–H groups in total. The number of halogens is 1. The fraction of sp³-hybridized carbons (Fsp3) is 0.333. The van der Waals surface area contributed by atoms with Crippen LogP contribution in [0.25, 0.3) is 0 Å². The summed E-state index contributed by atoms with van der Waals surface area (Å²) in [6.45, 7) is 4.66. The van der Waals surface area contributed by atoms with E-state index >= 15 is 0 Å². The number of aromatic amines is 1. The summed E-state index contributed by atoms with van der Waals surface area (Å²) in [5, 5.41) is 4.33. The Balaban J connectivity index is 2.25. The molecule has 0 aromatic carbocycles. The Morgan fingerprint density at radius 2 is 2.25 bits per heavy atom. The number of H-pyrrole nitrogens is 1. The van der Waals surface area contributed by atoms with Gasteiger partial charge in [0.15, 0.2) is 5.16 Å². The third-order valence-electron chi connectivity index (χ3n) is 2.29. The molecule has 0 aliphatic heterocycles. The first-order valence-corrected chi connectivity index (χ1v) is 7.71. The lowest BCUT2D eigenvalue weighted by atomic mass is 10.5. The zero-order valence-electron chi connectivity index (χ0n) is 11.1. The smallest absolute Gasteiger partial charge is 0.251 e. The molecule has 0 amide bonds. The van der Waals surface area contributed by atoms with E-state index in [1.165, 1.54) is 17.8 Å². The van der Waals surface area contributed by atoms with E-state index in [9.17, 15) is 4.79 Å². The van der Waals surface area contributed by atoms with E-state index in [2.05, 4.69) is 48.1 Å². The summed E-state index contributed by atoms with van der Waals surface area (Å²) in [6, 6.07) is 1.45. The lowest BCUT2D eigenvalue weighted by molar-refractivity contribution is 0.895. The molecule has 2 aromatic rings. The van der Waals surface area contributed by atoms with Crippen molar-refractivity contribution < 1.29 is 0 Å². The van der Waals surface area contributed by atoms with Gasteiger partial charge in [-0.3, -0.25) is 4.79 Å². The number of aryl methyl sites for hydroxylation is 1. The normalized spacial score (nSPS) is 10.6. The fourth-order valence-electron chi connectivity index (χ4n) is 1.44. The first-order valence-electron chi connectivity index (χ1n) is 6.10. The van der Waals surface area contributed by atoms with Crippen molar-refractivity contribution in [3.63, 3.8) is 0 Å². The Morgan fingerprint density at radius 3 is 2.95 bits per heavy atom. The SMILES string of the molecule is CCCNc1ncc(Br)c(Sc2nc(C)cc(=O)[nH]2)n1. The number of aromatic nitrogens is 4. The molecule has 0 bridgehead atoms. The van der Waals surface area contributed by atoms with Gasteiger partial charge in [0, 0.05) is 24.5 Å². The number of nitrogens with one attached hydrogen (secondary N) is 2.